The second-order valence-electron chi connectivity index (χ2n) is 5.09. The van der Waals surface area contributed by atoms with Crippen LogP contribution in [0.1, 0.15) is 29.0 Å². The van der Waals surface area contributed by atoms with Crippen molar-refractivity contribution >= 4 is 30.7 Å². The van der Waals surface area contributed by atoms with Gasteiger partial charge in [-0.2, -0.15) is 0 Å². The number of fused-ring (bicyclic) bond motifs is 1. The molecule has 0 bridgehead atoms. The molecule has 0 aromatic carbocycles. The highest BCUT2D eigenvalue weighted by Gasteiger charge is 2.33. The first-order valence-electron chi connectivity index (χ1n) is 6.58. The Hall–Kier alpha value is -0.750. The molecular weight excluding hydrogens is 301 g/mol. The van der Waals surface area contributed by atoms with Gasteiger partial charge in [0.25, 0.3) is 5.91 Å². The molecule has 2 aliphatic rings. The summed E-state index contributed by atoms with van der Waals surface area (Å²) < 4.78 is 5.23. The highest BCUT2D eigenvalue weighted by Crippen LogP contribution is 2.22. The highest BCUT2D eigenvalue weighted by atomic mass is 35.5. The van der Waals surface area contributed by atoms with E-state index in [9.17, 15) is 4.79 Å². The van der Waals surface area contributed by atoms with Gasteiger partial charge in [-0.1, -0.05) is 0 Å². The summed E-state index contributed by atoms with van der Waals surface area (Å²) in [7, 11) is 0. The molecule has 0 spiro atoms. The number of amides is 1. The van der Waals surface area contributed by atoms with E-state index < -0.39 is 0 Å². The standard InChI is InChI=1S/C13H19N3O2.2ClH/c14-7-12-6-10(9-18-12)13(17)16-5-4-15-3-1-2-11(15)8-16;;/h6,9,11H,1-5,7-8,14H2;2*1H. The summed E-state index contributed by atoms with van der Waals surface area (Å²) in [6.07, 6.45) is 3.99. The van der Waals surface area contributed by atoms with Crippen LogP contribution in [-0.4, -0.2) is 47.9 Å². The summed E-state index contributed by atoms with van der Waals surface area (Å²) in [6.45, 7) is 4.19. The van der Waals surface area contributed by atoms with Crippen LogP contribution >= 0.6 is 24.8 Å². The van der Waals surface area contributed by atoms with Crippen molar-refractivity contribution in [1.29, 1.82) is 0 Å². The zero-order valence-electron chi connectivity index (χ0n) is 11.3. The van der Waals surface area contributed by atoms with E-state index >= 15 is 0 Å². The molecule has 3 rings (SSSR count). The van der Waals surface area contributed by atoms with Gasteiger partial charge in [0.15, 0.2) is 0 Å². The second kappa shape index (κ2) is 7.31. The van der Waals surface area contributed by atoms with Gasteiger partial charge in [-0.25, -0.2) is 0 Å². The van der Waals surface area contributed by atoms with Crippen LogP contribution in [0.4, 0.5) is 0 Å². The topological polar surface area (TPSA) is 62.7 Å². The molecule has 2 saturated heterocycles. The zero-order valence-corrected chi connectivity index (χ0v) is 12.9. The van der Waals surface area contributed by atoms with Gasteiger partial charge in [-0.15, -0.1) is 24.8 Å². The second-order valence-corrected chi connectivity index (χ2v) is 5.09. The van der Waals surface area contributed by atoms with E-state index in [4.69, 9.17) is 10.2 Å². The van der Waals surface area contributed by atoms with Crippen LogP contribution in [0.25, 0.3) is 0 Å². The minimum Gasteiger partial charge on any atom is -0.467 e. The number of hydrogen-bond acceptors (Lipinski definition) is 4. The minimum atomic E-state index is 0. The molecule has 1 atom stereocenters. The van der Waals surface area contributed by atoms with E-state index in [-0.39, 0.29) is 30.7 Å². The van der Waals surface area contributed by atoms with Crippen LogP contribution in [0.15, 0.2) is 16.7 Å². The fourth-order valence-corrected chi connectivity index (χ4v) is 2.96. The van der Waals surface area contributed by atoms with Gasteiger partial charge in [0, 0.05) is 25.7 Å². The number of carbonyl (C=O) groups is 1. The maximum absolute atomic E-state index is 12.3. The third-order valence-corrected chi connectivity index (χ3v) is 3.98. The molecule has 20 heavy (non-hydrogen) atoms. The number of nitrogens with two attached hydrogens (primary N) is 1. The molecule has 2 fully saturated rings. The molecule has 0 aliphatic carbocycles. The SMILES string of the molecule is Cl.Cl.NCc1cc(C(=O)N2CCN3CCCC3C2)co1. The smallest absolute Gasteiger partial charge is 0.257 e. The quantitative estimate of drug-likeness (QED) is 0.896. The van der Waals surface area contributed by atoms with Gasteiger partial charge >= 0.3 is 0 Å². The Morgan fingerprint density at radius 3 is 2.85 bits per heavy atom. The van der Waals surface area contributed by atoms with Crippen LogP contribution in [0.2, 0.25) is 0 Å². The van der Waals surface area contributed by atoms with E-state index in [2.05, 4.69) is 4.90 Å². The number of piperazine rings is 1. The molecular formula is C13H21Cl2N3O2. The Morgan fingerprint density at radius 1 is 1.35 bits per heavy atom. The van der Waals surface area contributed by atoms with E-state index in [0.717, 1.165) is 19.6 Å². The molecule has 1 aromatic rings. The summed E-state index contributed by atoms with van der Waals surface area (Å²) in [5.41, 5.74) is 6.11. The number of nitrogens with zero attached hydrogens (tertiary/aromatic N) is 2. The van der Waals surface area contributed by atoms with Gasteiger partial charge in [0.05, 0.1) is 12.1 Å². The molecule has 1 aromatic heterocycles. The first-order chi connectivity index (χ1) is 8.78. The van der Waals surface area contributed by atoms with Crippen molar-refractivity contribution in [2.75, 3.05) is 26.2 Å². The Balaban J connectivity index is 0.000001000. The molecule has 0 radical (unpaired) electrons. The highest BCUT2D eigenvalue weighted by molar-refractivity contribution is 5.94. The zero-order chi connectivity index (χ0) is 12.5. The van der Waals surface area contributed by atoms with Gasteiger partial charge < -0.3 is 15.1 Å². The first-order valence-corrected chi connectivity index (χ1v) is 6.58. The molecule has 1 amide bonds. The maximum atomic E-state index is 12.3. The maximum Gasteiger partial charge on any atom is 0.257 e. The lowest BCUT2D eigenvalue weighted by molar-refractivity contribution is 0.0570. The monoisotopic (exact) mass is 321 g/mol. The Labute approximate surface area is 131 Å². The predicted molar refractivity (Wildman–Crippen MR) is 81.6 cm³/mol. The lowest BCUT2D eigenvalue weighted by Gasteiger charge is -2.37. The fourth-order valence-electron chi connectivity index (χ4n) is 2.96. The van der Waals surface area contributed by atoms with Gasteiger partial charge in [-0.3, -0.25) is 9.69 Å². The summed E-state index contributed by atoms with van der Waals surface area (Å²) in [6, 6.07) is 2.31. The largest absolute Gasteiger partial charge is 0.467 e. The summed E-state index contributed by atoms with van der Waals surface area (Å²) in [5, 5.41) is 0. The summed E-state index contributed by atoms with van der Waals surface area (Å²) >= 11 is 0. The van der Waals surface area contributed by atoms with Gasteiger partial charge in [0.2, 0.25) is 0 Å². The summed E-state index contributed by atoms with van der Waals surface area (Å²) in [5.74, 6) is 0.739. The molecule has 0 saturated carbocycles. The third kappa shape index (κ3) is 3.28. The fraction of sp³-hybridized carbons (Fsp3) is 0.615. The van der Waals surface area contributed by atoms with E-state index in [1.54, 1.807) is 6.07 Å². The lowest BCUT2D eigenvalue weighted by Crippen LogP contribution is -2.51. The van der Waals surface area contributed by atoms with Crippen LogP contribution in [-0.2, 0) is 6.54 Å². The average Bonchev–Trinajstić information content (AvgIpc) is 3.05. The Morgan fingerprint density at radius 2 is 2.15 bits per heavy atom. The molecule has 3 heterocycles. The Kier molecular flexibility index (Phi) is 6.33. The average molecular weight is 322 g/mol. The van der Waals surface area contributed by atoms with E-state index in [1.165, 1.54) is 25.6 Å². The van der Waals surface area contributed by atoms with E-state index in [0.29, 0.717) is 23.9 Å². The lowest BCUT2D eigenvalue weighted by atomic mass is 10.1. The van der Waals surface area contributed by atoms with Crippen molar-refractivity contribution in [1.82, 2.24) is 9.80 Å². The third-order valence-electron chi connectivity index (χ3n) is 3.98. The van der Waals surface area contributed by atoms with Gasteiger partial charge in [-0.05, 0) is 25.5 Å². The number of rotatable bonds is 2. The van der Waals surface area contributed by atoms with Crippen molar-refractivity contribution < 1.29 is 9.21 Å². The van der Waals surface area contributed by atoms with Crippen molar-refractivity contribution in [3.63, 3.8) is 0 Å². The number of furan rings is 1. The van der Waals surface area contributed by atoms with E-state index in [1.807, 2.05) is 4.90 Å². The molecule has 5 nitrogen and oxygen atoms in total. The number of halogens is 2. The molecule has 7 heteroatoms. The summed E-state index contributed by atoms with van der Waals surface area (Å²) in [4.78, 5) is 16.8. The van der Waals surface area contributed by atoms with Crippen LogP contribution in [0.3, 0.4) is 0 Å². The van der Waals surface area contributed by atoms with Crippen molar-refractivity contribution in [2.24, 2.45) is 5.73 Å². The molecule has 2 N–H and O–H groups in total. The minimum absolute atomic E-state index is 0. The number of hydrogen-bond donors (Lipinski definition) is 1. The van der Waals surface area contributed by atoms with Gasteiger partial charge in [0.1, 0.15) is 12.0 Å². The first kappa shape index (κ1) is 17.3. The molecule has 1 unspecified atom stereocenters. The van der Waals surface area contributed by atoms with Crippen molar-refractivity contribution in [3.05, 3.63) is 23.7 Å². The van der Waals surface area contributed by atoms with Crippen LogP contribution in [0, 0.1) is 0 Å². The van der Waals surface area contributed by atoms with Crippen molar-refractivity contribution in [2.45, 2.75) is 25.4 Å². The Bertz CT molecular complexity index is 453. The van der Waals surface area contributed by atoms with Crippen LogP contribution in [0.5, 0.6) is 0 Å². The van der Waals surface area contributed by atoms with Crippen molar-refractivity contribution in [3.8, 4) is 0 Å². The molecule has 2 aliphatic heterocycles. The number of carbonyl (C=O) groups excluding carboxylic acids is 1. The molecule has 114 valence electrons. The predicted octanol–water partition coefficient (Wildman–Crippen LogP) is 1.50. The van der Waals surface area contributed by atoms with Crippen LogP contribution < -0.4 is 5.73 Å². The normalized spacial score (nSPS) is 21.9.